The van der Waals surface area contributed by atoms with Crippen molar-refractivity contribution in [1.82, 2.24) is 5.16 Å². The number of aromatic nitrogens is 1. The largest absolute Gasteiger partial charge is 0.360 e. The van der Waals surface area contributed by atoms with Gasteiger partial charge in [0.15, 0.2) is 5.78 Å². The Morgan fingerprint density at radius 3 is 2.58 bits per heavy atom. The third kappa shape index (κ3) is 2.84. The summed E-state index contributed by atoms with van der Waals surface area (Å²) in [5, 5.41) is 3.97. The van der Waals surface area contributed by atoms with E-state index in [1.807, 2.05) is 6.07 Å². The summed E-state index contributed by atoms with van der Waals surface area (Å²) in [6.07, 6.45) is 0. The molecule has 0 saturated heterocycles. The summed E-state index contributed by atoms with van der Waals surface area (Å²) < 4.78 is 19.3. The van der Waals surface area contributed by atoms with E-state index in [0.29, 0.717) is 5.56 Å². The van der Waals surface area contributed by atoms with Crippen molar-refractivity contribution in [3.05, 3.63) is 76.3 Å². The van der Waals surface area contributed by atoms with Gasteiger partial charge in [-0.2, -0.15) is 0 Å². The summed E-state index contributed by atoms with van der Waals surface area (Å²) >= 11 is 6.08. The maximum absolute atomic E-state index is 14.2. The summed E-state index contributed by atoms with van der Waals surface area (Å²) in [6.45, 7) is 1.58. The lowest BCUT2D eigenvalue weighted by molar-refractivity contribution is 0.0960. The predicted molar refractivity (Wildman–Crippen MR) is 89.3 cm³/mol. The Morgan fingerprint density at radius 1 is 1.21 bits per heavy atom. The molecule has 0 spiro atoms. The van der Waals surface area contributed by atoms with E-state index in [-0.39, 0.29) is 27.6 Å². The molecule has 0 radical (unpaired) electrons. The predicted octanol–water partition coefficient (Wildman–Crippen LogP) is 4.33. The van der Waals surface area contributed by atoms with Crippen molar-refractivity contribution in [1.29, 1.82) is 0 Å². The number of benzene rings is 2. The maximum Gasteiger partial charge on any atom is 0.189 e. The Morgan fingerprint density at radius 2 is 1.92 bits per heavy atom. The third-order valence-electron chi connectivity index (χ3n) is 3.75. The molecule has 0 aliphatic rings. The van der Waals surface area contributed by atoms with E-state index >= 15 is 0 Å². The van der Waals surface area contributed by atoms with Gasteiger partial charge in [0.25, 0.3) is 0 Å². The van der Waals surface area contributed by atoms with E-state index in [0.717, 1.165) is 0 Å². The summed E-state index contributed by atoms with van der Waals surface area (Å²) in [4.78, 5) is 12.9. The second-order valence-corrected chi connectivity index (χ2v) is 5.72. The second kappa shape index (κ2) is 6.55. The molecular formula is C18H14ClFN2O2. The lowest BCUT2D eigenvalue weighted by Gasteiger charge is -2.11. The number of nitrogens with zero attached hydrogens (tertiary/aromatic N) is 1. The highest BCUT2D eigenvalue weighted by Gasteiger charge is 2.29. The van der Waals surface area contributed by atoms with Crippen molar-refractivity contribution in [3.8, 4) is 11.3 Å². The highest BCUT2D eigenvalue weighted by atomic mass is 35.5. The molecule has 0 saturated carbocycles. The smallest absolute Gasteiger partial charge is 0.189 e. The first-order valence-corrected chi connectivity index (χ1v) is 7.64. The summed E-state index contributed by atoms with van der Waals surface area (Å²) in [7, 11) is 0. The second-order valence-electron chi connectivity index (χ2n) is 5.31. The number of hydrogen-bond acceptors (Lipinski definition) is 4. The Bertz CT molecular complexity index is 873. The summed E-state index contributed by atoms with van der Waals surface area (Å²) in [6, 6.07) is 12.2. The Labute approximate surface area is 143 Å². The van der Waals surface area contributed by atoms with Gasteiger partial charge in [-0.25, -0.2) is 4.39 Å². The van der Waals surface area contributed by atoms with Crippen molar-refractivity contribution in [2.24, 2.45) is 5.73 Å². The first-order valence-electron chi connectivity index (χ1n) is 7.26. The number of nitrogens with two attached hydrogens (primary N) is 1. The number of halogens is 2. The number of aryl methyl sites for hydroxylation is 1. The number of carbonyl (C=O) groups excluding carboxylic acids is 1. The van der Waals surface area contributed by atoms with Crippen molar-refractivity contribution in [2.45, 2.75) is 13.0 Å². The van der Waals surface area contributed by atoms with Gasteiger partial charge in [0.1, 0.15) is 17.3 Å². The molecule has 0 amide bonds. The molecule has 0 aliphatic heterocycles. The van der Waals surface area contributed by atoms with Gasteiger partial charge in [0.2, 0.25) is 0 Å². The van der Waals surface area contributed by atoms with E-state index in [2.05, 4.69) is 5.16 Å². The minimum atomic E-state index is -0.909. The maximum atomic E-state index is 14.2. The van der Waals surface area contributed by atoms with Crippen LogP contribution >= 0.6 is 11.6 Å². The normalized spacial score (nSPS) is 12.2. The molecule has 6 heteroatoms. The number of ketones is 1. The Kier molecular flexibility index (Phi) is 4.46. The standard InChI is InChI=1S/C18H14ClFN2O2/c1-10-14(18(23)16(21)11-6-3-2-4-7-11)17(22-24-10)15-12(19)8-5-9-13(15)20/h2-9,16H,21H2,1H3. The average Bonchev–Trinajstić information content (AvgIpc) is 2.95. The lowest BCUT2D eigenvalue weighted by Crippen LogP contribution is -2.22. The van der Waals surface area contributed by atoms with Crippen LogP contribution in [0.5, 0.6) is 0 Å². The van der Waals surface area contributed by atoms with E-state index < -0.39 is 17.6 Å². The fourth-order valence-electron chi connectivity index (χ4n) is 2.52. The fraction of sp³-hybridized carbons (Fsp3) is 0.111. The molecule has 2 N–H and O–H groups in total. The van der Waals surface area contributed by atoms with E-state index in [1.54, 1.807) is 31.2 Å². The average molecular weight is 345 g/mol. The molecule has 4 nitrogen and oxygen atoms in total. The van der Waals surface area contributed by atoms with Crippen LogP contribution in [-0.2, 0) is 0 Å². The quantitative estimate of drug-likeness (QED) is 0.715. The molecule has 122 valence electrons. The number of Topliss-reactive ketones (excluding diaryl/α,β-unsaturated/α-hetero) is 1. The molecule has 1 atom stereocenters. The first-order chi connectivity index (χ1) is 11.5. The van der Waals surface area contributed by atoms with Crippen molar-refractivity contribution in [3.63, 3.8) is 0 Å². The van der Waals surface area contributed by atoms with Gasteiger partial charge in [0, 0.05) is 0 Å². The van der Waals surface area contributed by atoms with Crippen LogP contribution in [0.4, 0.5) is 4.39 Å². The van der Waals surface area contributed by atoms with Crippen LogP contribution in [-0.4, -0.2) is 10.9 Å². The monoisotopic (exact) mass is 344 g/mol. The fourth-order valence-corrected chi connectivity index (χ4v) is 2.78. The minimum absolute atomic E-state index is 0.0274. The molecular weight excluding hydrogens is 331 g/mol. The highest BCUT2D eigenvalue weighted by Crippen LogP contribution is 2.35. The number of carbonyl (C=O) groups is 1. The summed E-state index contributed by atoms with van der Waals surface area (Å²) in [5.41, 5.74) is 6.95. The molecule has 3 rings (SSSR count). The van der Waals surface area contributed by atoms with E-state index in [1.165, 1.54) is 18.2 Å². The van der Waals surface area contributed by atoms with Crippen molar-refractivity contribution in [2.75, 3.05) is 0 Å². The molecule has 0 aliphatic carbocycles. The molecule has 3 aromatic rings. The molecule has 1 unspecified atom stereocenters. The minimum Gasteiger partial charge on any atom is -0.360 e. The van der Waals surface area contributed by atoms with Crippen LogP contribution in [0.1, 0.15) is 27.7 Å². The molecule has 0 fully saturated rings. The van der Waals surface area contributed by atoms with Gasteiger partial charge in [-0.3, -0.25) is 4.79 Å². The van der Waals surface area contributed by atoms with Crippen LogP contribution < -0.4 is 5.73 Å². The zero-order valence-corrected chi connectivity index (χ0v) is 13.5. The van der Waals surface area contributed by atoms with Gasteiger partial charge < -0.3 is 10.3 Å². The summed E-state index contributed by atoms with van der Waals surface area (Å²) in [5.74, 6) is -0.729. The van der Waals surface area contributed by atoms with Crippen LogP contribution in [0.15, 0.2) is 53.1 Å². The van der Waals surface area contributed by atoms with E-state index in [4.69, 9.17) is 21.9 Å². The van der Waals surface area contributed by atoms with Crippen molar-refractivity contribution >= 4 is 17.4 Å². The zero-order valence-electron chi connectivity index (χ0n) is 12.8. The molecule has 0 bridgehead atoms. The van der Waals surface area contributed by atoms with Gasteiger partial charge in [-0.15, -0.1) is 0 Å². The molecule has 1 aromatic heterocycles. The third-order valence-corrected chi connectivity index (χ3v) is 4.06. The number of rotatable bonds is 4. The van der Waals surface area contributed by atoms with Gasteiger partial charge in [0.05, 0.1) is 22.2 Å². The van der Waals surface area contributed by atoms with Crippen LogP contribution in [0.3, 0.4) is 0 Å². The molecule has 1 heterocycles. The molecule has 24 heavy (non-hydrogen) atoms. The van der Waals surface area contributed by atoms with Crippen LogP contribution in [0, 0.1) is 12.7 Å². The van der Waals surface area contributed by atoms with Crippen molar-refractivity contribution < 1.29 is 13.7 Å². The number of hydrogen-bond donors (Lipinski definition) is 1. The zero-order chi connectivity index (χ0) is 17.3. The van der Waals surface area contributed by atoms with Gasteiger partial charge in [-0.1, -0.05) is 53.2 Å². The first kappa shape index (κ1) is 16.4. The molecule has 2 aromatic carbocycles. The van der Waals surface area contributed by atoms with Gasteiger partial charge in [-0.05, 0) is 24.6 Å². The van der Waals surface area contributed by atoms with E-state index in [9.17, 15) is 9.18 Å². The lowest BCUT2D eigenvalue weighted by atomic mass is 9.94. The van der Waals surface area contributed by atoms with Crippen LogP contribution in [0.2, 0.25) is 5.02 Å². The van der Waals surface area contributed by atoms with Crippen LogP contribution in [0.25, 0.3) is 11.3 Å². The van der Waals surface area contributed by atoms with Gasteiger partial charge >= 0.3 is 0 Å². The Balaban J connectivity index is 2.10. The highest BCUT2D eigenvalue weighted by molar-refractivity contribution is 6.33. The SMILES string of the molecule is Cc1onc(-c2c(F)cccc2Cl)c1C(=O)C(N)c1ccccc1. The topological polar surface area (TPSA) is 69.1 Å². The Hall–Kier alpha value is -2.50.